The Morgan fingerprint density at radius 3 is 2.60 bits per heavy atom. The van der Waals surface area contributed by atoms with Gasteiger partial charge in [-0.2, -0.15) is 0 Å². The van der Waals surface area contributed by atoms with Crippen molar-refractivity contribution < 1.29 is 19.4 Å². The molecule has 8 heteroatoms. The van der Waals surface area contributed by atoms with Crippen LogP contribution in [0.3, 0.4) is 0 Å². The number of methoxy groups -OCH3 is 1. The van der Waals surface area contributed by atoms with Crippen LogP contribution in [0, 0.1) is 5.92 Å². The van der Waals surface area contributed by atoms with Crippen molar-refractivity contribution in [2.75, 3.05) is 7.11 Å². The zero-order valence-electron chi connectivity index (χ0n) is 16.2. The van der Waals surface area contributed by atoms with Gasteiger partial charge in [-0.05, 0) is 49.2 Å². The first-order valence-corrected chi connectivity index (χ1v) is 9.91. The molecule has 1 aliphatic carbocycles. The SMILES string of the molecule is COc1ccc(-n2c(=O)c(C(=O)C3C(=O)CCCC3O)nc3c(Cl)cccc32)cc1. The van der Waals surface area contributed by atoms with Gasteiger partial charge >= 0.3 is 0 Å². The molecule has 1 aromatic heterocycles. The van der Waals surface area contributed by atoms with Gasteiger partial charge in [0.15, 0.2) is 11.5 Å². The summed E-state index contributed by atoms with van der Waals surface area (Å²) >= 11 is 6.31. The van der Waals surface area contributed by atoms with E-state index in [0.717, 1.165) is 0 Å². The van der Waals surface area contributed by atoms with E-state index in [4.69, 9.17) is 16.3 Å². The summed E-state index contributed by atoms with van der Waals surface area (Å²) in [5.41, 5.74) is 0.0803. The number of Topliss-reactive ketones (excluding diaryl/α,β-unsaturated/α-hetero) is 2. The first-order chi connectivity index (χ1) is 14.4. The molecular weight excluding hydrogens is 408 g/mol. The number of benzene rings is 2. The zero-order valence-corrected chi connectivity index (χ0v) is 16.9. The minimum absolute atomic E-state index is 0.189. The van der Waals surface area contributed by atoms with E-state index in [0.29, 0.717) is 29.8 Å². The molecule has 0 amide bonds. The summed E-state index contributed by atoms with van der Waals surface area (Å²) in [5.74, 6) is -1.84. The number of halogens is 1. The maximum atomic E-state index is 13.4. The lowest BCUT2D eigenvalue weighted by molar-refractivity contribution is -0.126. The molecule has 0 spiro atoms. The number of nitrogens with zero attached hydrogens (tertiary/aromatic N) is 2. The van der Waals surface area contributed by atoms with Gasteiger partial charge in [-0.15, -0.1) is 0 Å². The number of ketones is 2. The van der Waals surface area contributed by atoms with Gasteiger partial charge in [-0.1, -0.05) is 17.7 Å². The van der Waals surface area contributed by atoms with E-state index in [1.807, 2.05) is 0 Å². The van der Waals surface area contributed by atoms with Crippen molar-refractivity contribution in [3.8, 4) is 11.4 Å². The Morgan fingerprint density at radius 1 is 1.20 bits per heavy atom. The van der Waals surface area contributed by atoms with E-state index < -0.39 is 29.1 Å². The van der Waals surface area contributed by atoms with E-state index in [1.54, 1.807) is 42.5 Å². The lowest BCUT2D eigenvalue weighted by Crippen LogP contribution is -2.41. The molecule has 4 rings (SSSR count). The molecule has 1 N–H and O–H groups in total. The molecule has 2 unspecified atom stereocenters. The van der Waals surface area contributed by atoms with Gasteiger partial charge < -0.3 is 9.84 Å². The Hall–Kier alpha value is -3.03. The first-order valence-electron chi connectivity index (χ1n) is 9.53. The quantitative estimate of drug-likeness (QED) is 0.508. The molecule has 2 aromatic carbocycles. The summed E-state index contributed by atoms with van der Waals surface area (Å²) in [7, 11) is 1.53. The Balaban J connectivity index is 1.96. The van der Waals surface area contributed by atoms with Crippen LogP contribution in [0.2, 0.25) is 5.02 Å². The van der Waals surface area contributed by atoms with E-state index in [-0.39, 0.29) is 22.7 Å². The number of para-hydroxylation sites is 1. The number of carbonyl (C=O) groups excluding carboxylic acids is 2. The smallest absolute Gasteiger partial charge is 0.285 e. The van der Waals surface area contributed by atoms with Crippen molar-refractivity contribution in [3.63, 3.8) is 0 Å². The van der Waals surface area contributed by atoms with Gasteiger partial charge in [0.05, 0.1) is 23.8 Å². The van der Waals surface area contributed by atoms with Crippen LogP contribution in [0.1, 0.15) is 29.8 Å². The normalized spacial score (nSPS) is 19.1. The van der Waals surface area contributed by atoms with Crippen LogP contribution in [0.4, 0.5) is 0 Å². The molecule has 0 saturated heterocycles. The summed E-state index contributed by atoms with van der Waals surface area (Å²) in [6.07, 6.45) is -0.106. The number of hydrogen-bond acceptors (Lipinski definition) is 6. The van der Waals surface area contributed by atoms with Crippen LogP contribution in [0.25, 0.3) is 16.7 Å². The molecule has 2 atom stereocenters. The number of ether oxygens (including phenoxy) is 1. The van der Waals surface area contributed by atoms with Crippen molar-refractivity contribution in [2.45, 2.75) is 25.4 Å². The van der Waals surface area contributed by atoms with Crippen LogP contribution in [0.5, 0.6) is 5.75 Å². The summed E-state index contributed by atoms with van der Waals surface area (Å²) < 4.78 is 6.50. The average molecular weight is 427 g/mol. The highest BCUT2D eigenvalue weighted by Crippen LogP contribution is 2.27. The van der Waals surface area contributed by atoms with Gasteiger partial charge in [0, 0.05) is 12.1 Å². The molecular formula is C22H19ClN2O5. The predicted octanol–water partition coefficient (Wildman–Crippen LogP) is 2.96. The maximum Gasteiger partial charge on any atom is 0.285 e. The van der Waals surface area contributed by atoms with E-state index in [2.05, 4.69) is 4.98 Å². The molecule has 154 valence electrons. The number of rotatable bonds is 4. The monoisotopic (exact) mass is 426 g/mol. The van der Waals surface area contributed by atoms with Crippen LogP contribution < -0.4 is 10.3 Å². The van der Waals surface area contributed by atoms with Gasteiger partial charge in [0.1, 0.15) is 23.0 Å². The van der Waals surface area contributed by atoms with Crippen LogP contribution >= 0.6 is 11.6 Å². The van der Waals surface area contributed by atoms with Crippen molar-refractivity contribution in [3.05, 3.63) is 63.5 Å². The fourth-order valence-corrected chi connectivity index (χ4v) is 4.02. The topological polar surface area (TPSA) is 98.5 Å². The molecule has 7 nitrogen and oxygen atoms in total. The molecule has 0 radical (unpaired) electrons. The third-order valence-corrected chi connectivity index (χ3v) is 5.64. The second-order valence-corrected chi connectivity index (χ2v) is 7.58. The van der Waals surface area contributed by atoms with Crippen molar-refractivity contribution in [1.82, 2.24) is 9.55 Å². The molecule has 1 saturated carbocycles. The Kier molecular flexibility index (Phi) is 5.40. The van der Waals surface area contributed by atoms with Crippen LogP contribution in [0.15, 0.2) is 47.3 Å². The predicted molar refractivity (Wildman–Crippen MR) is 112 cm³/mol. The third kappa shape index (κ3) is 3.40. The average Bonchev–Trinajstić information content (AvgIpc) is 2.73. The minimum atomic E-state index is -1.29. The summed E-state index contributed by atoms with van der Waals surface area (Å²) in [6.45, 7) is 0. The molecule has 1 heterocycles. The molecule has 0 aliphatic heterocycles. The van der Waals surface area contributed by atoms with E-state index in [1.165, 1.54) is 11.7 Å². The number of aliphatic hydroxyl groups excluding tert-OH is 1. The zero-order chi connectivity index (χ0) is 21.4. The maximum absolute atomic E-state index is 13.4. The minimum Gasteiger partial charge on any atom is -0.497 e. The van der Waals surface area contributed by atoms with Crippen LogP contribution in [-0.2, 0) is 4.79 Å². The standard InChI is InChI=1S/C22H19ClN2O5/c1-30-13-10-8-12(9-11-13)25-15-5-2-4-14(23)19(15)24-20(22(25)29)21(28)18-16(26)6-3-7-17(18)27/h2,4-5,8-11,16,18,26H,3,6-7H2,1H3. The Morgan fingerprint density at radius 2 is 1.93 bits per heavy atom. The van der Waals surface area contributed by atoms with Crippen molar-refractivity contribution in [2.24, 2.45) is 5.92 Å². The number of aromatic nitrogens is 2. The second kappa shape index (κ2) is 8.01. The fourth-order valence-electron chi connectivity index (χ4n) is 3.81. The highest BCUT2D eigenvalue weighted by Gasteiger charge is 2.39. The number of hydrogen-bond donors (Lipinski definition) is 1. The Bertz CT molecular complexity index is 1200. The van der Waals surface area contributed by atoms with Crippen molar-refractivity contribution >= 4 is 34.2 Å². The number of fused-ring (bicyclic) bond motifs is 1. The highest BCUT2D eigenvalue weighted by molar-refractivity contribution is 6.35. The van der Waals surface area contributed by atoms with Crippen LogP contribution in [-0.4, -0.2) is 39.4 Å². The molecule has 0 bridgehead atoms. The van der Waals surface area contributed by atoms with Gasteiger partial charge in [-0.25, -0.2) is 4.98 Å². The lowest BCUT2D eigenvalue weighted by atomic mass is 9.81. The van der Waals surface area contributed by atoms with Gasteiger partial charge in [0.25, 0.3) is 5.56 Å². The van der Waals surface area contributed by atoms with Crippen molar-refractivity contribution in [1.29, 1.82) is 0 Å². The Labute approximate surface area is 176 Å². The van der Waals surface area contributed by atoms with Gasteiger partial charge in [0.2, 0.25) is 0 Å². The summed E-state index contributed by atoms with van der Waals surface area (Å²) in [6, 6.07) is 11.7. The molecule has 30 heavy (non-hydrogen) atoms. The van der Waals surface area contributed by atoms with E-state index in [9.17, 15) is 19.5 Å². The first kappa shape index (κ1) is 20.3. The molecule has 1 fully saturated rings. The number of carbonyl (C=O) groups is 2. The number of aliphatic hydroxyl groups is 1. The summed E-state index contributed by atoms with van der Waals surface area (Å²) in [4.78, 5) is 43.1. The molecule has 3 aromatic rings. The third-order valence-electron chi connectivity index (χ3n) is 5.34. The van der Waals surface area contributed by atoms with Gasteiger partial charge in [-0.3, -0.25) is 19.0 Å². The van der Waals surface area contributed by atoms with E-state index >= 15 is 0 Å². The molecule has 1 aliphatic rings. The largest absolute Gasteiger partial charge is 0.497 e. The fraction of sp³-hybridized carbons (Fsp3) is 0.273. The second-order valence-electron chi connectivity index (χ2n) is 7.17. The highest BCUT2D eigenvalue weighted by atomic mass is 35.5. The lowest BCUT2D eigenvalue weighted by Gasteiger charge is -2.25. The summed E-state index contributed by atoms with van der Waals surface area (Å²) in [5, 5.41) is 10.5.